The van der Waals surface area contributed by atoms with Gasteiger partial charge in [-0.3, -0.25) is 9.59 Å². The van der Waals surface area contributed by atoms with E-state index in [2.05, 4.69) is 6.92 Å². The lowest BCUT2D eigenvalue weighted by atomic mass is 9.85. The van der Waals surface area contributed by atoms with Gasteiger partial charge >= 0.3 is 5.97 Å². The van der Waals surface area contributed by atoms with Crippen LogP contribution in [-0.2, 0) is 9.53 Å². The minimum atomic E-state index is -0.400. The third-order valence-corrected chi connectivity index (χ3v) is 5.06. The number of hydrogen-bond donors (Lipinski definition) is 0. The first-order valence-electron chi connectivity index (χ1n) is 10.4. The first-order chi connectivity index (χ1) is 14.5. The lowest BCUT2D eigenvalue weighted by Crippen LogP contribution is -2.19. The molecule has 162 valence electrons. The predicted molar refractivity (Wildman–Crippen MR) is 115 cm³/mol. The topological polar surface area (TPSA) is 78.9 Å². The normalized spacial score (nSPS) is 14.0. The van der Waals surface area contributed by atoms with Crippen molar-refractivity contribution in [2.45, 2.75) is 51.9 Å². The highest BCUT2D eigenvalue weighted by Gasteiger charge is 2.32. The number of fused-ring (bicyclic) bond motifs is 1. The second kappa shape index (κ2) is 11.3. The second-order valence-electron chi connectivity index (χ2n) is 7.17. The summed E-state index contributed by atoms with van der Waals surface area (Å²) in [7, 11) is 2.93. The highest BCUT2D eigenvalue weighted by atomic mass is 16.5. The molecule has 0 saturated carbocycles. The Labute approximate surface area is 177 Å². The third-order valence-electron chi connectivity index (χ3n) is 5.06. The zero-order valence-corrected chi connectivity index (χ0v) is 18.2. The summed E-state index contributed by atoms with van der Waals surface area (Å²) in [6.45, 7) is 4.26. The van der Waals surface area contributed by atoms with Crippen molar-refractivity contribution < 1.29 is 28.6 Å². The van der Waals surface area contributed by atoms with Gasteiger partial charge in [0, 0.05) is 17.6 Å². The van der Waals surface area contributed by atoms with Crippen molar-refractivity contribution in [1.29, 1.82) is 0 Å². The van der Waals surface area contributed by atoms with E-state index in [4.69, 9.17) is 14.2 Å². The highest BCUT2D eigenvalue weighted by Crippen LogP contribution is 2.42. The Morgan fingerprint density at radius 1 is 1.03 bits per heavy atom. The molecule has 0 fully saturated rings. The van der Waals surface area contributed by atoms with E-state index in [9.17, 15) is 14.4 Å². The van der Waals surface area contributed by atoms with Crippen LogP contribution in [0.1, 0.15) is 78.1 Å². The molecule has 0 bridgehead atoms. The van der Waals surface area contributed by atoms with E-state index in [1.165, 1.54) is 32.4 Å². The van der Waals surface area contributed by atoms with Crippen LogP contribution in [0, 0.1) is 0 Å². The molecule has 2 rings (SSSR count). The Morgan fingerprint density at radius 3 is 2.33 bits per heavy atom. The summed E-state index contributed by atoms with van der Waals surface area (Å²) < 4.78 is 16.5. The number of rotatable bonds is 11. The lowest BCUT2D eigenvalue weighted by molar-refractivity contribution is -0.138. The second-order valence-corrected chi connectivity index (χ2v) is 7.17. The van der Waals surface area contributed by atoms with E-state index >= 15 is 0 Å². The number of esters is 1. The zero-order valence-electron chi connectivity index (χ0n) is 18.2. The Morgan fingerprint density at radius 2 is 1.73 bits per heavy atom. The molecule has 0 radical (unpaired) electrons. The van der Waals surface area contributed by atoms with Gasteiger partial charge in [-0.1, -0.05) is 39.2 Å². The van der Waals surface area contributed by atoms with Crippen molar-refractivity contribution in [1.82, 2.24) is 0 Å². The number of benzene rings is 1. The van der Waals surface area contributed by atoms with E-state index in [0.29, 0.717) is 17.1 Å². The first kappa shape index (κ1) is 23.4. The molecule has 1 aliphatic rings. The molecule has 0 spiro atoms. The van der Waals surface area contributed by atoms with Crippen LogP contribution in [0.2, 0.25) is 0 Å². The van der Waals surface area contributed by atoms with Crippen molar-refractivity contribution in [3.8, 4) is 11.5 Å². The molecule has 0 aliphatic heterocycles. The monoisotopic (exact) mass is 414 g/mol. The van der Waals surface area contributed by atoms with E-state index in [1.54, 1.807) is 12.1 Å². The molecular formula is C24H30O6. The summed E-state index contributed by atoms with van der Waals surface area (Å²) in [5, 5.41) is 0. The molecular weight excluding hydrogens is 384 g/mol. The largest absolute Gasteiger partial charge is 0.496 e. The quantitative estimate of drug-likeness (QED) is 0.382. The summed E-state index contributed by atoms with van der Waals surface area (Å²) in [4.78, 5) is 37.1. The molecule has 0 heterocycles. The number of ether oxygens (including phenoxy) is 3. The fourth-order valence-electron chi connectivity index (χ4n) is 3.50. The van der Waals surface area contributed by atoms with E-state index in [1.807, 2.05) is 6.92 Å². The Hall–Kier alpha value is -2.89. The molecule has 1 atom stereocenters. The van der Waals surface area contributed by atoms with Crippen molar-refractivity contribution in [3.05, 3.63) is 47.1 Å². The van der Waals surface area contributed by atoms with Gasteiger partial charge in [0.05, 0.1) is 32.0 Å². The van der Waals surface area contributed by atoms with Crippen LogP contribution in [-0.4, -0.2) is 38.4 Å². The molecule has 0 aromatic heterocycles. The summed E-state index contributed by atoms with van der Waals surface area (Å²) >= 11 is 0. The van der Waals surface area contributed by atoms with Gasteiger partial charge < -0.3 is 14.2 Å². The molecule has 30 heavy (non-hydrogen) atoms. The van der Waals surface area contributed by atoms with Crippen LogP contribution in [0.3, 0.4) is 0 Å². The smallest absolute Gasteiger partial charge is 0.330 e. The van der Waals surface area contributed by atoms with E-state index in [0.717, 1.165) is 32.1 Å². The van der Waals surface area contributed by atoms with Gasteiger partial charge in [-0.25, -0.2) is 4.79 Å². The number of allylic oxidation sites excluding steroid dienone is 3. The van der Waals surface area contributed by atoms with Crippen LogP contribution >= 0.6 is 0 Å². The standard InChI is InChI=1S/C24H30O6/c1-5-7-9-11-21(27)30-15-16(10-8-6-2)17-14-20(28-3)22-18(25)12-13-19(26)23(22)24(17)29-4/h9,11-14,16H,5-8,10,15H2,1-4H3/b11-9+. The number of carbonyl (C=O) groups is 3. The fraction of sp³-hybridized carbons (Fsp3) is 0.458. The minimum Gasteiger partial charge on any atom is -0.496 e. The maximum absolute atomic E-state index is 12.6. The number of unbranched alkanes of at least 4 members (excludes halogenated alkanes) is 2. The average Bonchev–Trinajstić information content (AvgIpc) is 2.75. The summed E-state index contributed by atoms with van der Waals surface area (Å²) in [5.74, 6) is -0.551. The summed E-state index contributed by atoms with van der Waals surface area (Å²) in [5.41, 5.74) is 1.11. The van der Waals surface area contributed by atoms with Crippen molar-refractivity contribution >= 4 is 17.5 Å². The van der Waals surface area contributed by atoms with Crippen LogP contribution < -0.4 is 9.47 Å². The van der Waals surface area contributed by atoms with E-state index in [-0.39, 0.29) is 35.2 Å². The number of methoxy groups -OCH3 is 2. The molecule has 0 N–H and O–H groups in total. The Bertz CT molecular complexity index is 850. The van der Waals surface area contributed by atoms with Gasteiger partial charge in [0.2, 0.25) is 0 Å². The third kappa shape index (κ3) is 5.38. The molecule has 6 nitrogen and oxygen atoms in total. The molecule has 1 aromatic rings. The molecule has 6 heteroatoms. The average molecular weight is 414 g/mol. The summed E-state index contributed by atoms with van der Waals surface area (Å²) in [6.07, 6.45) is 10.1. The number of carbonyl (C=O) groups excluding carboxylic acids is 3. The first-order valence-corrected chi connectivity index (χ1v) is 10.4. The molecule has 1 aliphatic carbocycles. The van der Waals surface area contributed by atoms with Gasteiger partial charge in [0.15, 0.2) is 11.6 Å². The molecule has 0 saturated heterocycles. The van der Waals surface area contributed by atoms with Gasteiger partial charge in [-0.05, 0) is 31.1 Å². The van der Waals surface area contributed by atoms with Crippen LogP contribution in [0.4, 0.5) is 0 Å². The van der Waals surface area contributed by atoms with Gasteiger partial charge in [-0.15, -0.1) is 0 Å². The number of hydrogen-bond acceptors (Lipinski definition) is 6. The zero-order chi connectivity index (χ0) is 22.1. The Balaban J connectivity index is 2.45. The van der Waals surface area contributed by atoms with E-state index < -0.39 is 5.97 Å². The highest BCUT2D eigenvalue weighted by molar-refractivity contribution is 6.24. The van der Waals surface area contributed by atoms with Crippen molar-refractivity contribution in [2.24, 2.45) is 0 Å². The van der Waals surface area contributed by atoms with Crippen molar-refractivity contribution in [3.63, 3.8) is 0 Å². The van der Waals surface area contributed by atoms with Crippen molar-refractivity contribution in [2.75, 3.05) is 20.8 Å². The van der Waals surface area contributed by atoms with Crippen LogP contribution in [0.5, 0.6) is 11.5 Å². The molecule has 1 aromatic carbocycles. The van der Waals surface area contributed by atoms with Crippen LogP contribution in [0.25, 0.3) is 0 Å². The Kier molecular flexibility index (Phi) is 8.84. The van der Waals surface area contributed by atoms with Gasteiger partial charge in [0.1, 0.15) is 11.5 Å². The van der Waals surface area contributed by atoms with Gasteiger partial charge in [-0.2, -0.15) is 0 Å². The molecule has 1 unspecified atom stereocenters. The maximum Gasteiger partial charge on any atom is 0.330 e. The predicted octanol–water partition coefficient (Wildman–Crippen LogP) is 4.81. The summed E-state index contributed by atoms with van der Waals surface area (Å²) in [6, 6.07) is 1.73. The SMILES string of the molecule is CCC/C=C/C(=O)OCC(CCCC)c1cc(OC)c2c(c1OC)C(=O)C=CC2=O. The minimum absolute atomic E-state index is 0.144. The number of ketones is 2. The van der Waals surface area contributed by atoms with Crippen LogP contribution in [0.15, 0.2) is 30.4 Å². The molecule has 0 amide bonds. The van der Waals surface area contributed by atoms with Gasteiger partial charge in [0.25, 0.3) is 0 Å². The maximum atomic E-state index is 12.6. The lowest BCUT2D eigenvalue weighted by Gasteiger charge is -2.24. The fourth-order valence-corrected chi connectivity index (χ4v) is 3.50.